The summed E-state index contributed by atoms with van der Waals surface area (Å²) in [5.41, 5.74) is 1.43. The maximum Gasteiger partial charge on any atom is 0.0438 e. The zero-order valence-electron chi connectivity index (χ0n) is 12.6. The van der Waals surface area contributed by atoms with E-state index < -0.39 is 0 Å². The van der Waals surface area contributed by atoms with E-state index in [0.29, 0.717) is 12.0 Å². The van der Waals surface area contributed by atoms with Crippen molar-refractivity contribution in [2.24, 2.45) is 17.0 Å². The highest BCUT2D eigenvalue weighted by Gasteiger charge is 2.29. The van der Waals surface area contributed by atoms with E-state index in [0.717, 1.165) is 12.3 Å². The first kappa shape index (κ1) is 15.0. The van der Waals surface area contributed by atoms with Crippen molar-refractivity contribution in [2.45, 2.75) is 38.1 Å². The average molecular weight is 274 g/mol. The Morgan fingerprint density at radius 3 is 2.40 bits per heavy atom. The molecule has 1 aliphatic rings. The molecule has 110 valence electrons. The molecule has 1 unspecified atom stereocenters. The van der Waals surface area contributed by atoms with Gasteiger partial charge in [-0.3, -0.25) is 0 Å². The van der Waals surface area contributed by atoms with Gasteiger partial charge in [-0.2, -0.15) is 0 Å². The van der Waals surface area contributed by atoms with Crippen LogP contribution in [0.15, 0.2) is 35.5 Å². The van der Waals surface area contributed by atoms with Crippen LogP contribution < -0.4 is 0 Å². The van der Waals surface area contributed by atoms with Crippen LogP contribution in [0.25, 0.3) is 0 Å². The third-order valence-corrected chi connectivity index (χ3v) is 4.56. The zero-order chi connectivity index (χ0) is 14.4. The molecule has 0 spiro atoms. The largest absolute Gasteiger partial charge is 0.411 e. The smallest absolute Gasteiger partial charge is 0.0438 e. The fourth-order valence-electron chi connectivity index (χ4n) is 3.58. The minimum absolute atomic E-state index is 0.517. The van der Waals surface area contributed by atoms with Gasteiger partial charge in [-0.25, -0.2) is 0 Å². The Balaban J connectivity index is 1.99. The zero-order valence-corrected chi connectivity index (χ0v) is 12.6. The Morgan fingerprint density at radius 2 is 1.85 bits per heavy atom. The third-order valence-electron chi connectivity index (χ3n) is 4.56. The van der Waals surface area contributed by atoms with Crippen LogP contribution in [0.1, 0.15) is 43.7 Å². The Labute approximate surface area is 122 Å². The lowest BCUT2D eigenvalue weighted by atomic mass is 9.75. The van der Waals surface area contributed by atoms with Crippen molar-refractivity contribution in [2.75, 3.05) is 14.1 Å². The van der Waals surface area contributed by atoms with Crippen LogP contribution in [-0.4, -0.2) is 30.4 Å². The van der Waals surface area contributed by atoms with Gasteiger partial charge in [-0.15, -0.1) is 5.16 Å². The van der Waals surface area contributed by atoms with Crippen molar-refractivity contribution in [3.63, 3.8) is 0 Å². The van der Waals surface area contributed by atoms with Gasteiger partial charge in [0.1, 0.15) is 0 Å². The molecule has 3 heteroatoms. The molecular weight excluding hydrogens is 248 g/mol. The van der Waals surface area contributed by atoms with Crippen LogP contribution in [0, 0.1) is 11.8 Å². The van der Waals surface area contributed by atoms with Gasteiger partial charge in [0.25, 0.3) is 0 Å². The summed E-state index contributed by atoms with van der Waals surface area (Å²) in [6, 6.07) is 11.4. The molecule has 2 rings (SSSR count). The molecule has 0 heterocycles. The van der Waals surface area contributed by atoms with Crippen molar-refractivity contribution in [3.8, 4) is 0 Å². The van der Waals surface area contributed by atoms with E-state index in [2.05, 4.69) is 54.5 Å². The standard InChI is InChI=1S/C17H26N2O/c1-19(2)17(15-6-4-3-5-7-15)16-10-8-14(9-11-16)12-13-18-20/h3-7,13-14,16-17,20H,8-12H2,1-2H3/b18-13+. The molecule has 1 aliphatic carbocycles. The summed E-state index contributed by atoms with van der Waals surface area (Å²) < 4.78 is 0. The molecule has 0 amide bonds. The first-order valence-corrected chi connectivity index (χ1v) is 7.59. The van der Waals surface area contributed by atoms with Crippen LogP contribution in [0.2, 0.25) is 0 Å². The fourth-order valence-corrected chi connectivity index (χ4v) is 3.58. The molecular formula is C17H26N2O. The van der Waals surface area contributed by atoms with Gasteiger partial charge in [0.2, 0.25) is 0 Å². The molecule has 1 saturated carbocycles. The topological polar surface area (TPSA) is 35.8 Å². The number of nitrogens with zero attached hydrogens (tertiary/aromatic N) is 2. The molecule has 1 atom stereocenters. The Hall–Kier alpha value is -1.35. The quantitative estimate of drug-likeness (QED) is 0.501. The summed E-state index contributed by atoms with van der Waals surface area (Å²) in [6.45, 7) is 0. The molecule has 20 heavy (non-hydrogen) atoms. The number of rotatable bonds is 5. The highest BCUT2D eigenvalue weighted by Crippen LogP contribution is 2.39. The van der Waals surface area contributed by atoms with Gasteiger partial charge in [-0.1, -0.05) is 30.3 Å². The Bertz CT molecular complexity index is 408. The van der Waals surface area contributed by atoms with Crippen LogP contribution >= 0.6 is 0 Å². The summed E-state index contributed by atoms with van der Waals surface area (Å²) in [7, 11) is 4.37. The summed E-state index contributed by atoms with van der Waals surface area (Å²) in [5, 5.41) is 11.6. The van der Waals surface area contributed by atoms with E-state index >= 15 is 0 Å². The van der Waals surface area contributed by atoms with Gasteiger partial charge in [0.15, 0.2) is 0 Å². The van der Waals surface area contributed by atoms with Gasteiger partial charge >= 0.3 is 0 Å². The molecule has 3 nitrogen and oxygen atoms in total. The number of benzene rings is 1. The van der Waals surface area contributed by atoms with E-state index in [1.165, 1.54) is 31.2 Å². The van der Waals surface area contributed by atoms with Crippen molar-refractivity contribution in [1.82, 2.24) is 4.90 Å². The van der Waals surface area contributed by atoms with Gasteiger partial charge in [-0.05, 0) is 63.6 Å². The molecule has 1 aromatic carbocycles. The van der Waals surface area contributed by atoms with Crippen molar-refractivity contribution in [3.05, 3.63) is 35.9 Å². The molecule has 0 saturated heterocycles. The molecule has 0 aliphatic heterocycles. The maximum absolute atomic E-state index is 8.52. The maximum atomic E-state index is 8.52. The van der Waals surface area contributed by atoms with Gasteiger partial charge in [0.05, 0.1) is 0 Å². The average Bonchev–Trinajstić information content (AvgIpc) is 2.47. The van der Waals surface area contributed by atoms with Crippen molar-refractivity contribution >= 4 is 6.21 Å². The van der Waals surface area contributed by atoms with Crippen LogP contribution in [-0.2, 0) is 0 Å². The first-order valence-electron chi connectivity index (χ1n) is 7.59. The highest BCUT2D eigenvalue weighted by atomic mass is 16.4. The number of hydrogen-bond acceptors (Lipinski definition) is 3. The lowest BCUT2D eigenvalue weighted by Gasteiger charge is -2.37. The van der Waals surface area contributed by atoms with E-state index in [4.69, 9.17) is 5.21 Å². The van der Waals surface area contributed by atoms with Gasteiger partial charge < -0.3 is 10.1 Å². The molecule has 0 radical (unpaired) electrons. The predicted octanol–water partition coefficient (Wildman–Crippen LogP) is 3.95. The van der Waals surface area contributed by atoms with Crippen molar-refractivity contribution in [1.29, 1.82) is 0 Å². The molecule has 0 aromatic heterocycles. The molecule has 1 aromatic rings. The SMILES string of the molecule is CN(C)C(c1ccccc1)C1CCC(C/C=N/O)CC1. The third kappa shape index (κ3) is 3.83. The second kappa shape index (κ2) is 7.44. The predicted molar refractivity (Wildman–Crippen MR) is 83.2 cm³/mol. The highest BCUT2D eigenvalue weighted by molar-refractivity contribution is 5.56. The first-order chi connectivity index (χ1) is 9.72. The minimum atomic E-state index is 0.517. The number of hydrogen-bond donors (Lipinski definition) is 1. The second-order valence-electron chi connectivity index (χ2n) is 6.13. The van der Waals surface area contributed by atoms with E-state index in [1.54, 1.807) is 6.21 Å². The summed E-state index contributed by atoms with van der Waals surface area (Å²) in [4.78, 5) is 2.36. The minimum Gasteiger partial charge on any atom is -0.411 e. The van der Waals surface area contributed by atoms with Gasteiger partial charge in [0, 0.05) is 12.3 Å². The van der Waals surface area contributed by atoms with Crippen molar-refractivity contribution < 1.29 is 5.21 Å². The van der Waals surface area contributed by atoms with E-state index in [1.807, 2.05) is 0 Å². The second-order valence-corrected chi connectivity index (χ2v) is 6.13. The van der Waals surface area contributed by atoms with Crippen LogP contribution in [0.5, 0.6) is 0 Å². The monoisotopic (exact) mass is 274 g/mol. The summed E-state index contributed by atoms with van der Waals surface area (Å²) in [5.74, 6) is 1.43. The molecule has 1 N–H and O–H groups in total. The van der Waals surface area contributed by atoms with Crippen LogP contribution in [0.4, 0.5) is 0 Å². The lowest BCUT2D eigenvalue weighted by Crippen LogP contribution is -2.30. The van der Waals surface area contributed by atoms with E-state index in [-0.39, 0.29) is 0 Å². The Morgan fingerprint density at radius 1 is 1.20 bits per heavy atom. The summed E-state index contributed by atoms with van der Waals surface area (Å²) >= 11 is 0. The van der Waals surface area contributed by atoms with E-state index in [9.17, 15) is 0 Å². The summed E-state index contributed by atoms with van der Waals surface area (Å²) in [6.07, 6.45) is 7.58. The normalized spacial score (nSPS) is 25.1. The fraction of sp³-hybridized carbons (Fsp3) is 0.588. The molecule has 0 bridgehead atoms. The Kier molecular flexibility index (Phi) is 5.60. The lowest BCUT2D eigenvalue weighted by molar-refractivity contribution is 0.151. The molecule has 1 fully saturated rings. The van der Waals surface area contributed by atoms with Crippen LogP contribution in [0.3, 0.4) is 0 Å². The number of oxime groups is 1.